The van der Waals surface area contributed by atoms with Crippen molar-refractivity contribution in [2.75, 3.05) is 19.6 Å². The van der Waals surface area contributed by atoms with Crippen LogP contribution in [0.4, 0.5) is 0 Å². The molecule has 0 bridgehead atoms. The largest absolute Gasteiger partial charge is 0.330 e. The number of hydrogen-bond donors (Lipinski definition) is 1. The minimum Gasteiger partial charge on any atom is -0.330 e. The van der Waals surface area contributed by atoms with Gasteiger partial charge in [-0.25, -0.2) is 0 Å². The molecule has 1 aromatic carbocycles. The van der Waals surface area contributed by atoms with Crippen LogP contribution in [0.3, 0.4) is 0 Å². The molecule has 3 nitrogen and oxygen atoms in total. The Labute approximate surface area is 115 Å². The van der Waals surface area contributed by atoms with Crippen molar-refractivity contribution in [3.63, 3.8) is 0 Å². The van der Waals surface area contributed by atoms with Crippen molar-refractivity contribution in [3.8, 4) is 0 Å². The van der Waals surface area contributed by atoms with Gasteiger partial charge >= 0.3 is 0 Å². The van der Waals surface area contributed by atoms with Gasteiger partial charge in [0, 0.05) is 11.9 Å². The Morgan fingerprint density at radius 3 is 2.74 bits per heavy atom. The van der Waals surface area contributed by atoms with Crippen LogP contribution in [0.5, 0.6) is 0 Å². The molecule has 102 valence electrons. The molecule has 2 aromatic rings. The van der Waals surface area contributed by atoms with Crippen molar-refractivity contribution in [1.82, 2.24) is 9.88 Å². The van der Waals surface area contributed by atoms with Gasteiger partial charge in [-0.1, -0.05) is 31.2 Å². The fourth-order valence-corrected chi connectivity index (χ4v) is 2.33. The quantitative estimate of drug-likeness (QED) is 0.829. The van der Waals surface area contributed by atoms with Crippen LogP contribution in [-0.4, -0.2) is 29.5 Å². The van der Waals surface area contributed by atoms with Crippen molar-refractivity contribution >= 4 is 10.9 Å². The van der Waals surface area contributed by atoms with E-state index >= 15 is 0 Å². The van der Waals surface area contributed by atoms with E-state index in [4.69, 9.17) is 10.7 Å². The molecular weight excluding hydrogens is 234 g/mol. The second-order valence-corrected chi connectivity index (χ2v) is 4.91. The molecule has 19 heavy (non-hydrogen) atoms. The fourth-order valence-electron chi connectivity index (χ4n) is 2.33. The molecule has 0 aliphatic carbocycles. The lowest BCUT2D eigenvalue weighted by molar-refractivity contribution is 0.261. The first-order valence-corrected chi connectivity index (χ1v) is 7.10. The molecule has 0 saturated heterocycles. The van der Waals surface area contributed by atoms with Crippen molar-refractivity contribution in [2.45, 2.75) is 26.3 Å². The Hall–Kier alpha value is -1.45. The standard InChI is InChI=1S/C16H23N3/c1-2-11-19(12-5-10-17)13-15-9-8-14-6-3-4-7-16(14)18-15/h3-4,6-9H,2,5,10-13,17H2,1H3. The van der Waals surface area contributed by atoms with Gasteiger partial charge < -0.3 is 5.73 Å². The summed E-state index contributed by atoms with van der Waals surface area (Å²) in [6, 6.07) is 12.6. The SMILES string of the molecule is CCCN(CCCN)Cc1ccc2ccccc2n1. The van der Waals surface area contributed by atoms with Crippen LogP contribution in [0.15, 0.2) is 36.4 Å². The molecule has 0 saturated carbocycles. The summed E-state index contributed by atoms with van der Waals surface area (Å²) in [6.45, 7) is 6.04. The summed E-state index contributed by atoms with van der Waals surface area (Å²) in [5.74, 6) is 0. The molecular formula is C16H23N3. The number of nitrogens with two attached hydrogens (primary N) is 1. The normalized spacial score (nSPS) is 11.3. The first kappa shape index (κ1) is 14.0. The maximum atomic E-state index is 5.60. The first-order chi connectivity index (χ1) is 9.33. The monoisotopic (exact) mass is 257 g/mol. The van der Waals surface area contributed by atoms with Gasteiger partial charge in [0.25, 0.3) is 0 Å². The highest BCUT2D eigenvalue weighted by Gasteiger charge is 2.06. The van der Waals surface area contributed by atoms with E-state index in [1.54, 1.807) is 0 Å². The summed E-state index contributed by atoms with van der Waals surface area (Å²) in [5, 5.41) is 1.20. The Balaban J connectivity index is 2.09. The maximum absolute atomic E-state index is 5.60. The third-order valence-corrected chi connectivity index (χ3v) is 3.26. The highest BCUT2D eigenvalue weighted by atomic mass is 15.1. The number of benzene rings is 1. The maximum Gasteiger partial charge on any atom is 0.0705 e. The summed E-state index contributed by atoms with van der Waals surface area (Å²) < 4.78 is 0. The zero-order valence-electron chi connectivity index (χ0n) is 11.7. The lowest BCUT2D eigenvalue weighted by Gasteiger charge is -2.21. The first-order valence-electron chi connectivity index (χ1n) is 7.10. The van der Waals surface area contributed by atoms with Gasteiger partial charge in [-0.3, -0.25) is 9.88 Å². The van der Waals surface area contributed by atoms with Gasteiger partial charge in [-0.2, -0.15) is 0 Å². The Morgan fingerprint density at radius 2 is 1.95 bits per heavy atom. The van der Waals surface area contributed by atoms with Crippen LogP contribution in [0.2, 0.25) is 0 Å². The van der Waals surface area contributed by atoms with Crippen molar-refractivity contribution in [3.05, 3.63) is 42.1 Å². The second kappa shape index (κ2) is 7.22. The van der Waals surface area contributed by atoms with Gasteiger partial charge in [-0.15, -0.1) is 0 Å². The van der Waals surface area contributed by atoms with Crippen LogP contribution >= 0.6 is 0 Å². The van der Waals surface area contributed by atoms with E-state index in [-0.39, 0.29) is 0 Å². The number of para-hydroxylation sites is 1. The summed E-state index contributed by atoms with van der Waals surface area (Å²) in [4.78, 5) is 7.17. The predicted molar refractivity (Wildman–Crippen MR) is 81.0 cm³/mol. The lowest BCUT2D eigenvalue weighted by atomic mass is 10.2. The van der Waals surface area contributed by atoms with Gasteiger partial charge in [-0.05, 0) is 44.6 Å². The van der Waals surface area contributed by atoms with Crippen molar-refractivity contribution in [1.29, 1.82) is 0 Å². The van der Waals surface area contributed by atoms with Crippen LogP contribution < -0.4 is 5.73 Å². The average molecular weight is 257 g/mol. The molecule has 1 heterocycles. The number of pyridine rings is 1. The van der Waals surface area contributed by atoms with Gasteiger partial charge in [0.2, 0.25) is 0 Å². The van der Waals surface area contributed by atoms with Crippen LogP contribution in [-0.2, 0) is 6.54 Å². The minimum absolute atomic E-state index is 0.755. The number of fused-ring (bicyclic) bond motifs is 1. The highest BCUT2D eigenvalue weighted by Crippen LogP contribution is 2.13. The van der Waals surface area contributed by atoms with E-state index in [0.29, 0.717) is 0 Å². The summed E-state index contributed by atoms with van der Waals surface area (Å²) in [5.41, 5.74) is 7.82. The zero-order chi connectivity index (χ0) is 13.5. The number of nitrogens with zero attached hydrogens (tertiary/aromatic N) is 2. The van der Waals surface area contributed by atoms with Gasteiger partial charge in [0.1, 0.15) is 0 Å². The molecule has 0 unspecified atom stereocenters. The topological polar surface area (TPSA) is 42.1 Å². The molecule has 0 radical (unpaired) electrons. The number of rotatable bonds is 7. The van der Waals surface area contributed by atoms with Crippen LogP contribution in [0.1, 0.15) is 25.5 Å². The smallest absolute Gasteiger partial charge is 0.0705 e. The fraction of sp³-hybridized carbons (Fsp3) is 0.438. The molecule has 0 fully saturated rings. The molecule has 0 aliphatic rings. The molecule has 2 N–H and O–H groups in total. The number of hydrogen-bond acceptors (Lipinski definition) is 3. The highest BCUT2D eigenvalue weighted by molar-refractivity contribution is 5.78. The van der Waals surface area contributed by atoms with E-state index in [1.807, 2.05) is 12.1 Å². The van der Waals surface area contributed by atoms with E-state index < -0.39 is 0 Å². The van der Waals surface area contributed by atoms with Crippen LogP contribution in [0.25, 0.3) is 10.9 Å². The lowest BCUT2D eigenvalue weighted by Crippen LogP contribution is -2.27. The van der Waals surface area contributed by atoms with Crippen molar-refractivity contribution < 1.29 is 0 Å². The second-order valence-electron chi connectivity index (χ2n) is 4.91. The van der Waals surface area contributed by atoms with E-state index in [0.717, 1.165) is 50.2 Å². The van der Waals surface area contributed by atoms with Crippen molar-refractivity contribution in [2.24, 2.45) is 5.73 Å². The third-order valence-electron chi connectivity index (χ3n) is 3.26. The minimum atomic E-state index is 0.755. The summed E-state index contributed by atoms with van der Waals surface area (Å²) in [7, 11) is 0. The molecule has 0 amide bonds. The molecule has 1 aromatic heterocycles. The summed E-state index contributed by atoms with van der Waals surface area (Å²) in [6.07, 6.45) is 2.21. The molecule has 2 rings (SSSR count). The Kier molecular flexibility index (Phi) is 5.31. The Morgan fingerprint density at radius 1 is 1.11 bits per heavy atom. The average Bonchev–Trinajstić information content (AvgIpc) is 2.45. The van der Waals surface area contributed by atoms with Gasteiger partial charge in [0.15, 0.2) is 0 Å². The molecule has 0 spiro atoms. The van der Waals surface area contributed by atoms with Gasteiger partial charge in [0.05, 0.1) is 11.2 Å². The molecule has 0 aliphatic heterocycles. The Bertz CT molecular complexity index is 510. The summed E-state index contributed by atoms with van der Waals surface area (Å²) >= 11 is 0. The van der Waals surface area contributed by atoms with E-state index in [2.05, 4.69) is 36.1 Å². The number of aromatic nitrogens is 1. The van der Waals surface area contributed by atoms with E-state index in [9.17, 15) is 0 Å². The zero-order valence-corrected chi connectivity index (χ0v) is 11.7. The van der Waals surface area contributed by atoms with E-state index in [1.165, 1.54) is 5.39 Å². The molecule has 0 atom stereocenters. The molecule has 3 heteroatoms. The predicted octanol–water partition coefficient (Wildman–Crippen LogP) is 2.80. The third kappa shape index (κ3) is 4.01. The van der Waals surface area contributed by atoms with Crippen LogP contribution in [0, 0.1) is 0 Å².